The van der Waals surface area contributed by atoms with E-state index in [-0.39, 0.29) is 18.0 Å². The number of amides is 3. The molecule has 0 aliphatic heterocycles. The van der Waals surface area contributed by atoms with Gasteiger partial charge in [-0.05, 0) is 31.9 Å². The van der Waals surface area contributed by atoms with Crippen LogP contribution in [0.1, 0.15) is 26.3 Å². The molecule has 0 saturated heterocycles. The second-order valence-electron chi connectivity index (χ2n) is 6.17. The maximum absolute atomic E-state index is 11.8. The van der Waals surface area contributed by atoms with E-state index in [9.17, 15) is 9.59 Å². The third-order valence-corrected chi connectivity index (χ3v) is 3.86. The SMILES string of the molecule is CC(=O)N(CCNC(=O)NC(C)C)CCc1c[nH]c2ccccc12. The Kier molecular flexibility index (Phi) is 6.23. The Labute approximate surface area is 142 Å². The van der Waals surface area contributed by atoms with Crippen LogP contribution < -0.4 is 10.6 Å². The number of hydrogen-bond donors (Lipinski definition) is 3. The third kappa shape index (κ3) is 5.01. The number of nitrogens with one attached hydrogen (secondary N) is 3. The Bertz CT molecular complexity index is 693. The lowest BCUT2D eigenvalue weighted by Gasteiger charge is -2.21. The lowest BCUT2D eigenvalue weighted by atomic mass is 10.1. The van der Waals surface area contributed by atoms with Crippen molar-refractivity contribution in [2.45, 2.75) is 33.2 Å². The van der Waals surface area contributed by atoms with Crippen LogP contribution >= 0.6 is 0 Å². The van der Waals surface area contributed by atoms with E-state index < -0.39 is 0 Å². The molecule has 0 radical (unpaired) electrons. The van der Waals surface area contributed by atoms with Gasteiger partial charge >= 0.3 is 6.03 Å². The van der Waals surface area contributed by atoms with E-state index in [0.29, 0.717) is 19.6 Å². The zero-order chi connectivity index (χ0) is 17.5. The fourth-order valence-electron chi connectivity index (χ4n) is 2.64. The van der Waals surface area contributed by atoms with Crippen molar-refractivity contribution in [3.8, 4) is 0 Å². The van der Waals surface area contributed by atoms with Gasteiger partial charge in [0.15, 0.2) is 0 Å². The summed E-state index contributed by atoms with van der Waals surface area (Å²) in [7, 11) is 0. The molecule has 6 nitrogen and oxygen atoms in total. The molecule has 0 fully saturated rings. The maximum atomic E-state index is 11.8. The lowest BCUT2D eigenvalue weighted by Crippen LogP contribution is -2.44. The van der Waals surface area contributed by atoms with Gasteiger partial charge in [0.1, 0.15) is 0 Å². The number of H-pyrrole nitrogens is 1. The molecular weight excluding hydrogens is 304 g/mol. The van der Waals surface area contributed by atoms with Gasteiger partial charge in [-0.3, -0.25) is 4.79 Å². The van der Waals surface area contributed by atoms with Crippen LogP contribution in [0.5, 0.6) is 0 Å². The van der Waals surface area contributed by atoms with Crippen LogP contribution in [0.3, 0.4) is 0 Å². The fourth-order valence-corrected chi connectivity index (χ4v) is 2.64. The van der Waals surface area contributed by atoms with Crippen LogP contribution in [0.2, 0.25) is 0 Å². The van der Waals surface area contributed by atoms with Crippen LogP contribution in [0.15, 0.2) is 30.5 Å². The average molecular weight is 330 g/mol. The van der Waals surface area contributed by atoms with Crippen molar-refractivity contribution in [2.75, 3.05) is 19.6 Å². The first kappa shape index (κ1) is 17.8. The van der Waals surface area contributed by atoms with Crippen LogP contribution in [-0.2, 0) is 11.2 Å². The third-order valence-electron chi connectivity index (χ3n) is 3.86. The molecule has 0 saturated carbocycles. The first-order chi connectivity index (χ1) is 11.5. The van der Waals surface area contributed by atoms with Crippen molar-refractivity contribution in [3.63, 3.8) is 0 Å². The summed E-state index contributed by atoms with van der Waals surface area (Å²) in [5, 5.41) is 6.72. The predicted octanol–water partition coefficient (Wildman–Crippen LogP) is 2.27. The van der Waals surface area contributed by atoms with Gasteiger partial charge in [-0.1, -0.05) is 18.2 Å². The minimum atomic E-state index is -0.204. The second-order valence-corrected chi connectivity index (χ2v) is 6.17. The molecule has 0 aliphatic carbocycles. The number of nitrogens with zero attached hydrogens (tertiary/aromatic N) is 1. The highest BCUT2D eigenvalue weighted by Gasteiger charge is 2.11. The Morgan fingerprint density at radius 3 is 2.67 bits per heavy atom. The summed E-state index contributed by atoms with van der Waals surface area (Å²) in [4.78, 5) is 28.4. The molecule has 24 heavy (non-hydrogen) atoms. The monoisotopic (exact) mass is 330 g/mol. The summed E-state index contributed by atoms with van der Waals surface area (Å²) in [6.07, 6.45) is 2.78. The average Bonchev–Trinajstić information content (AvgIpc) is 2.93. The molecule has 3 N–H and O–H groups in total. The highest BCUT2D eigenvalue weighted by molar-refractivity contribution is 5.83. The highest BCUT2D eigenvalue weighted by Crippen LogP contribution is 2.18. The van der Waals surface area contributed by atoms with Gasteiger partial charge in [-0.25, -0.2) is 4.79 Å². The quantitative estimate of drug-likeness (QED) is 0.728. The molecule has 0 aliphatic rings. The van der Waals surface area contributed by atoms with Crippen LogP contribution in [0, 0.1) is 0 Å². The van der Waals surface area contributed by atoms with Gasteiger partial charge in [0.2, 0.25) is 5.91 Å². The van der Waals surface area contributed by atoms with Crippen LogP contribution in [0.4, 0.5) is 4.79 Å². The summed E-state index contributed by atoms with van der Waals surface area (Å²) in [5.41, 5.74) is 2.30. The fraction of sp³-hybridized carbons (Fsp3) is 0.444. The first-order valence-corrected chi connectivity index (χ1v) is 8.32. The number of carbonyl (C=O) groups is 2. The Hall–Kier alpha value is -2.50. The van der Waals surface area contributed by atoms with E-state index in [2.05, 4.69) is 21.7 Å². The van der Waals surface area contributed by atoms with E-state index in [1.54, 1.807) is 11.8 Å². The van der Waals surface area contributed by atoms with Gasteiger partial charge in [0.25, 0.3) is 0 Å². The van der Waals surface area contributed by atoms with Gasteiger partial charge in [0.05, 0.1) is 0 Å². The summed E-state index contributed by atoms with van der Waals surface area (Å²) < 4.78 is 0. The molecule has 130 valence electrons. The molecule has 6 heteroatoms. The summed E-state index contributed by atoms with van der Waals surface area (Å²) in [6, 6.07) is 8.02. The molecular formula is C18H26N4O2. The van der Waals surface area contributed by atoms with Gasteiger partial charge in [-0.2, -0.15) is 0 Å². The smallest absolute Gasteiger partial charge is 0.315 e. The largest absolute Gasteiger partial charge is 0.361 e. The van der Waals surface area contributed by atoms with Crippen LogP contribution in [-0.4, -0.2) is 47.5 Å². The molecule has 0 unspecified atom stereocenters. The molecule has 0 atom stereocenters. The Morgan fingerprint density at radius 1 is 1.21 bits per heavy atom. The van der Waals surface area contributed by atoms with E-state index in [0.717, 1.165) is 11.9 Å². The van der Waals surface area contributed by atoms with Crippen molar-refractivity contribution < 1.29 is 9.59 Å². The van der Waals surface area contributed by atoms with Crippen LogP contribution in [0.25, 0.3) is 10.9 Å². The van der Waals surface area contributed by atoms with Crippen molar-refractivity contribution in [1.29, 1.82) is 0 Å². The minimum Gasteiger partial charge on any atom is -0.361 e. The zero-order valence-corrected chi connectivity index (χ0v) is 14.6. The molecule has 1 aromatic carbocycles. The number of carbonyl (C=O) groups excluding carboxylic acids is 2. The summed E-state index contributed by atoms with van der Waals surface area (Å²) in [6.45, 7) is 6.94. The summed E-state index contributed by atoms with van der Waals surface area (Å²) in [5.74, 6) is 0.0147. The minimum absolute atomic E-state index is 0.0147. The molecule has 1 aromatic heterocycles. The van der Waals surface area contributed by atoms with E-state index in [1.807, 2.05) is 38.2 Å². The predicted molar refractivity (Wildman–Crippen MR) is 95.9 cm³/mol. The number of aromatic amines is 1. The standard InChI is InChI=1S/C18H26N4O2/c1-13(2)21-18(24)19-9-11-22(14(3)23)10-8-15-12-20-17-7-5-4-6-16(15)17/h4-7,12-13,20H,8-11H2,1-3H3,(H2,19,21,24). The zero-order valence-electron chi connectivity index (χ0n) is 14.6. The Morgan fingerprint density at radius 2 is 1.96 bits per heavy atom. The van der Waals surface area contributed by atoms with E-state index >= 15 is 0 Å². The van der Waals surface area contributed by atoms with Crippen molar-refractivity contribution in [3.05, 3.63) is 36.0 Å². The molecule has 3 amide bonds. The van der Waals surface area contributed by atoms with E-state index in [1.165, 1.54) is 10.9 Å². The molecule has 0 spiro atoms. The van der Waals surface area contributed by atoms with Gasteiger partial charge < -0.3 is 20.5 Å². The molecule has 1 heterocycles. The number of hydrogen-bond acceptors (Lipinski definition) is 2. The summed E-state index contributed by atoms with van der Waals surface area (Å²) >= 11 is 0. The number of aromatic nitrogens is 1. The normalized spacial score (nSPS) is 10.8. The maximum Gasteiger partial charge on any atom is 0.315 e. The molecule has 0 bridgehead atoms. The number of fused-ring (bicyclic) bond motifs is 1. The molecule has 2 rings (SSSR count). The van der Waals surface area contributed by atoms with E-state index in [4.69, 9.17) is 0 Å². The Balaban J connectivity index is 1.85. The topological polar surface area (TPSA) is 77.2 Å². The van der Waals surface area contributed by atoms with Crippen molar-refractivity contribution >= 4 is 22.8 Å². The van der Waals surface area contributed by atoms with Gasteiger partial charge in [-0.15, -0.1) is 0 Å². The number of rotatable bonds is 7. The number of benzene rings is 1. The van der Waals surface area contributed by atoms with Crippen molar-refractivity contribution in [2.24, 2.45) is 0 Å². The number of urea groups is 1. The second kappa shape index (κ2) is 8.38. The number of para-hydroxylation sites is 1. The van der Waals surface area contributed by atoms with Gasteiger partial charge in [0, 0.05) is 49.7 Å². The highest BCUT2D eigenvalue weighted by atomic mass is 16.2. The first-order valence-electron chi connectivity index (χ1n) is 8.32. The lowest BCUT2D eigenvalue weighted by molar-refractivity contribution is -0.128. The van der Waals surface area contributed by atoms with Crippen molar-refractivity contribution in [1.82, 2.24) is 20.5 Å². The molecule has 2 aromatic rings.